The van der Waals surface area contributed by atoms with Gasteiger partial charge in [-0.3, -0.25) is 4.57 Å². The lowest BCUT2D eigenvalue weighted by Crippen LogP contribution is -2.32. The summed E-state index contributed by atoms with van der Waals surface area (Å²) in [7, 11) is 2.11. The molecule has 4 heterocycles. The molecule has 0 N–H and O–H groups in total. The third kappa shape index (κ3) is 2.30. The SMILES string of the molecule is Cc1ccc2c(c1-c1c3scc(C(C)C)c3nc[n+]1C)Cc1nc3ccccc3n1-2. The molecule has 148 valence electrons. The van der Waals surface area contributed by atoms with Crippen LogP contribution in [0.25, 0.3) is 38.2 Å². The van der Waals surface area contributed by atoms with E-state index in [9.17, 15) is 0 Å². The van der Waals surface area contributed by atoms with Gasteiger partial charge in [0.05, 0.1) is 23.8 Å². The van der Waals surface area contributed by atoms with Crippen molar-refractivity contribution < 1.29 is 4.57 Å². The van der Waals surface area contributed by atoms with Gasteiger partial charge in [0, 0.05) is 17.5 Å². The lowest BCUT2D eigenvalue weighted by molar-refractivity contribution is -0.662. The van der Waals surface area contributed by atoms with Gasteiger partial charge in [0.15, 0.2) is 5.69 Å². The first-order chi connectivity index (χ1) is 14.5. The molecule has 5 aromatic rings. The van der Waals surface area contributed by atoms with Crippen molar-refractivity contribution in [2.75, 3.05) is 0 Å². The van der Waals surface area contributed by atoms with Gasteiger partial charge in [0.25, 0.3) is 6.33 Å². The number of hydrogen-bond acceptors (Lipinski definition) is 3. The van der Waals surface area contributed by atoms with Gasteiger partial charge >= 0.3 is 0 Å². The molecule has 0 atom stereocenters. The number of thiophene rings is 1. The molecule has 0 spiro atoms. The molecule has 0 saturated carbocycles. The first-order valence-electron chi connectivity index (χ1n) is 10.4. The van der Waals surface area contributed by atoms with Crippen LogP contribution in [0.4, 0.5) is 0 Å². The van der Waals surface area contributed by atoms with Crippen LogP contribution in [0.15, 0.2) is 48.1 Å². The Kier molecular flexibility index (Phi) is 3.69. The fourth-order valence-electron chi connectivity index (χ4n) is 4.82. The monoisotopic (exact) mass is 411 g/mol. The minimum atomic E-state index is 0.464. The summed E-state index contributed by atoms with van der Waals surface area (Å²) in [5.41, 5.74) is 11.2. The average Bonchev–Trinajstić information content (AvgIpc) is 3.40. The molecule has 0 fully saturated rings. The first-order valence-corrected chi connectivity index (χ1v) is 11.3. The van der Waals surface area contributed by atoms with Crippen LogP contribution in [0.1, 0.15) is 42.3 Å². The van der Waals surface area contributed by atoms with E-state index < -0.39 is 0 Å². The predicted octanol–water partition coefficient (Wildman–Crippen LogP) is 5.46. The Morgan fingerprint density at radius 2 is 1.97 bits per heavy atom. The first kappa shape index (κ1) is 17.8. The van der Waals surface area contributed by atoms with Gasteiger partial charge in [-0.15, -0.1) is 11.3 Å². The molecular weight excluding hydrogens is 388 g/mol. The molecule has 0 unspecified atom stereocenters. The molecule has 30 heavy (non-hydrogen) atoms. The molecule has 1 aliphatic rings. The van der Waals surface area contributed by atoms with Gasteiger partial charge in [-0.05, 0) is 52.5 Å². The summed E-state index contributed by atoms with van der Waals surface area (Å²) in [5, 5.41) is 2.28. The third-order valence-corrected chi connectivity index (χ3v) is 7.28. The molecular formula is C25H23N4S+. The number of para-hydroxylation sites is 2. The molecule has 0 saturated heterocycles. The second kappa shape index (κ2) is 6.22. The van der Waals surface area contributed by atoms with Crippen molar-refractivity contribution in [2.45, 2.75) is 33.1 Å². The standard InChI is InChI=1S/C25H23N4S/c1-14(2)17-12-30-25-23(17)26-13-28(4)24(25)22-15(3)9-10-19-16(22)11-21-27-18-7-5-6-8-20(18)29(19)21/h5-10,12-14H,11H2,1-4H3/q+1. The number of benzene rings is 2. The number of nitrogens with zero attached hydrogens (tertiary/aromatic N) is 4. The van der Waals surface area contributed by atoms with Gasteiger partial charge in [-0.1, -0.05) is 32.0 Å². The molecule has 4 nitrogen and oxygen atoms in total. The van der Waals surface area contributed by atoms with Crippen LogP contribution in [-0.4, -0.2) is 14.5 Å². The Labute approximate surface area is 179 Å². The number of hydrogen-bond donors (Lipinski definition) is 0. The normalized spacial score (nSPS) is 12.8. The fraction of sp³-hybridized carbons (Fsp3) is 0.240. The molecule has 2 aromatic carbocycles. The Hall–Kier alpha value is -3.05. The zero-order valence-electron chi connectivity index (χ0n) is 17.6. The summed E-state index contributed by atoms with van der Waals surface area (Å²) >= 11 is 1.81. The third-order valence-electron chi connectivity index (χ3n) is 6.28. The van der Waals surface area contributed by atoms with Crippen LogP contribution in [0.5, 0.6) is 0 Å². The van der Waals surface area contributed by atoms with E-state index in [2.05, 4.69) is 78.7 Å². The van der Waals surface area contributed by atoms with Crippen molar-refractivity contribution in [3.63, 3.8) is 0 Å². The molecule has 6 rings (SSSR count). The quantitative estimate of drug-likeness (QED) is 0.355. The van der Waals surface area contributed by atoms with Crippen molar-refractivity contribution in [1.29, 1.82) is 0 Å². The predicted molar refractivity (Wildman–Crippen MR) is 122 cm³/mol. The van der Waals surface area contributed by atoms with Crippen LogP contribution < -0.4 is 4.57 Å². The van der Waals surface area contributed by atoms with Crippen molar-refractivity contribution in [1.82, 2.24) is 14.5 Å². The van der Waals surface area contributed by atoms with E-state index >= 15 is 0 Å². The molecule has 5 heteroatoms. The second-order valence-corrected chi connectivity index (χ2v) is 9.39. The molecule has 1 aliphatic heterocycles. The van der Waals surface area contributed by atoms with Crippen LogP contribution >= 0.6 is 11.3 Å². The van der Waals surface area contributed by atoms with Crippen LogP contribution in [-0.2, 0) is 13.5 Å². The topological polar surface area (TPSA) is 34.6 Å². The zero-order valence-corrected chi connectivity index (χ0v) is 18.4. The van der Waals surface area contributed by atoms with E-state index in [1.807, 2.05) is 17.7 Å². The molecule has 0 aliphatic carbocycles. The van der Waals surface area contributed by atoms with E-state index in [0.717, 1.165) is 23.3 Å². The number of rotatable bonds is 2. The minimum absolute atomic E-state index is 0.464. The van der Waals surface area contributed by atoms with E-state index in [1.54, 1.807) is 0 Å². The molecule has 0 radical (unpaired) electrons. The minimum Gasteiger partial charge on any atom is -0.296 e. The van der Waals surface area contributed by atoms with Crippen molar-refractivity contribution in [3.8, 4) is 16.9 Å². The van der Waals surface area contributed by atoms with Crippen molar-refractivity contribution in [2.24, 2.45) is 7.05 Å². The van der Waals surface area contributed by atoms with Crippen LogP contribution in [0.3, 0.4) is 0 Å². The van der Waals surface area contributed by atoms with Crippen LogP contribution in [0.2, 0.25) is 0 Å². The summed E-state index contributed by atoms with van der Waals surface area (Å²) in [6.07, 6.45) is 2.82. The highest BCUT2D eigenvalue weighted by Crippen LogP contribution is 2.42. The molecule has 0 bridgehead atoms. The smallest absolute Gasteiger partial charge is 0.287 e. The van der Waals surface area contributed by atoms with Crippen LogP contribution in [0, 0.1) is 6.92 Å². The molecule has 3 aromatic heterocycles. The Bertz CT molecular complexity index is 1470. The largest absolute Gasteiger partial charge is 0.296 e. The Balaban J connectivity index is 1.67. The lowest BCUT2D eigenvalue weighted by atomic mass is 9.95. The average molecular weight is 412 g/mol. The van der Waals surface area contributed by atoms with E-state index in [0.29, 0.717) is 5.92 Å². The number of aromatic nitrogens is 4. The highest BCUT2D eigenvalue weighted by Gasteiger charge is 2.30. The maximum absolute atomic E-state index is 4.93. The number of fused-ring (bicyclic) bond motifs is 6. The van der Waals surface area contributed by atoms with Gasteiger partial charge in [-0.25, -0.2) is 9.55 Å². The summed E-state index contributed by atoms with van der Waals surface area (Å²) < 4.78 is 5.79. The summed E-state index contributed by atoms with van der Waals surface area (Å²) in [5.74, 6) is 1.59. The summed E-state index contributed by atoms with van der Waals surface area (Å²) in [6.45, 7) is 6.70. The Morgan fingerprint density at radius 1 is 1.13 bits per heavy atom. The Morgan fingerprint density at radius 3 is 2.80 bits per heavy atom. The van der Waals surface area contributed by atoms with Gasteiger partial charge in [0.1, 0.15) is 10.5 Å². The van der Waals surface area contributed by atoms with Crippen molar-refractivity contribution in [3.05, 3.63) is 70.6 Å². The second-order valence-electron chi connectivity index (χ2n) is 8.51. The highest BCUT2D eigenvalue weighted by atomic mass is 32.1. The lowest BCUT2D eigenvalue weighted by Gasteiger charge is -2.13. The van der Waals surface area contributed by atoms with E-state index in [1.165, 1.54) is 43.9 Å². The maximum atomic E-state index is 4.93. The maximum Gasteiger partial charge on any atom is 0.287 e. The van der Waals surface area contributed by atoms with Gasteiger partial charge < -0.3 is 0 Å². The summed E-state index contributed by atoms with van der Waals surface area (Å²) in [4.78, 5) is 9.73. The van der Waals surface area contributed by atoms with E-state index in [-0.39, 0.29) is 0 Å². The van der Waals surface area contributed by atoms with Gasteiger partial charge in [0.2, 0.25) is 5.52 Å². The highest BCUT2D eigenvalue weighted by molar-refractivity contribution is 7.17. The molecule has 0 amide bonds. The fourth-order valence-corrected chi connectivity index (χ4v) is 6.09. The summed E-state index contributed by atoms with van der Waals surface area (Å²) in [6, 6.07) is 12.9. The van der Waals surface area contributed by atoms with E-state index in [4.69, 9.17) is 9.97 Å². The number of imidazole rings is 1. The number of aryl methyl sites for hydroxylation is 2. The van der Waals surface area contributed by atoms with Gasteiger partial charge in [-0.2, -0.15) is 0 Å². The zero-order chi connectivity index (χ0) is 20.6. The van der Waals surface area contributed by atoms with Crippen molar-refractivity contribution >= 4 is 32.6 Å².